The Kier molecular flexibility index (Phi) is 7.34. The summed E-state index contributed by atoms with van der Waals surface area (Å²) in [6.07, 6.45) is 0. The molecule has 9 rings (SSSR count). The first-order chi connectivity index (χ1) is 24.8. The number of fused-ring (bicyclic) bond motifs is 4. The third-order valence-electron chi connectivity index (χ3n) is 9.89. The summed E-state index contributed by atoms with van der Waals surface area (Å²) in [6, 6.07) is 71.6. The second-order valence-corrected chi connectivity index (χ2v) is 12.8. The lowest BCUT2D eigenvalue weighted by Gasteiger charge is -2.30. The van der Waals surface area contributed by atoms with Crippen LogP contribution in [0.1, 0.15) is 22.3 Å². The molecular formula is C49H33N. The first kappa shape index (κ1) is 29.5. The molecule has 0 spiro atoms. The van der Waals surface area contributed by atoms with Gasteiger partial charge in [-0.25, -0.2) is 0 Å². The SMILES string of the molecule is C(#CC1(c2ccccc2)c2ccccc2-c2ccc(N(c3ccc(-c4ccccc4)cc3)c3ccc4ccccc4c3)cc21)c1ccccc1. The molecule has 0 saturated heterocycles. The van der Waals surface area contributed by atoms with Gasteiger partial charge in [0.25, 0.3) is 0 Å². The van der Waals surface area contributed by atoms with E-state index in [9.17, 15) is 0 Å². The fraction of sp³-hybridized carbons (Fsp3) is 0.0204. The maximum absolute atomic E-state index is 3.87. The fourth-order valence-electron chi connectivity index (χ4n) is 7.50. The van der Waals surface area contributed by atoms with E-state index in [1.54, 1.807) is 0 Å². The van der Waals surface area contributed by atoms with Gasteiger partial charge in [-0.3, -0.25) is 0 Å². The third kappa shape index (κ3) is 5.07. The Morgan fingerprint density at radius 2 is 0.940 bits per heavy atom. The minimum absolute atomic E-state index is 0.661. The van der Waals surface area contributed by atoms with Gasteiger partial charge in [0.1, 0.15) is 5.41 Å². The monoisotopic (exact) mass is 635 g/mol. The van der Waals surface area contributed by atoms with Gasteiger partial charge in [0.2, 0.25) is 0 Å². The molecule has 234 valence electrons. The number of hydrogen-bond donors (Lipinski definition) is 0. The number of anilines is 3. The quantitative estimate of drug-likeness (QED) is 0.170. The molecule has 0 saturated carbocycles. The molecule has 0 bridgehead atoms. The summed E-state index contributed by atoms with van der Waals surface area (Å²) in [7, 11) is 0. The van der Waals surface area contributed by atoms with Crippen molar-refractivity contribution in [3.05, 3.63) is 222 Å². The minimum Gasteiger partial charge on any atom is -0.310 e. The van der Waals surface area contributed by atoms with Gasteiger partial charge in [0, 0.05) is 22.6 Å². The van der Waals surface area contributed by atoms with Gasteiger partial charge in [0.15, 0.2) is 0 Å². The highest BCUT2D eigenvalue weighted by molar-refractivity contribution is 5.92. The molecule has 0 aromatic heterocycles. The van der Waals surface area contributed by atoms with E-state index in [-0.39, 0.29) is 0 Å². The maximum atomic E-state index is 3.87. The Bertz CT molecular complexity index is 2520. The lowest BCUT2D eigenvalue weighted by Crippen LogP contribution is -2.25. The highest BCUT2D eigenvalue weighted by atomic mass is 15.1. The molecule has 1 heteroatoms. The van der Waals surface area contributed by atoms with Gasteiger partial charge in [-0.1, -0.05) is 164 Å². The zero-order valence-electron chi connectivity index (χ0n) is 27.5. The molecule has 1 atom stereocenters. The first-order valence-corrected chi connectivity index (χ1v) is 17.1. The highest BCUT2D eigenvalue weighted by Crippen LogP contribution is 2.54. The normalized spacial score (nSPS) is 14.3. The van der Waals surface area contributed by atoms with Crippen molar-refractivity contribution in [1.29, 1.82) is 0 Å². The van der Waals surface area contributed by atoms with Crippen LogP contribution in [-0.4, -0.2) is 0 Å². The summed E-state index contributed by atoms with van der Waals surface area (Å²) in [5.41, 5.74) is 12.0. The van der Waals surface area contributed by atoms with E-state index in [2.05, 4.69) is 211 Å². The second-order valence-electron chi connectivity index (χ2n) is 12.8. The molecule has 50 heavy (non-hydrogen) atoms. The van der Waals surface area contributed by atoms with Crippen LogP contribution >= 0.6 is 0 Å². The molecule has 8 aromatic carbocycles. The Morgan fingerprint density at radius 1 is 0.380 bits per heavy atom. The van der Waals surface area contributed by atoms with Gasteiger partial charge in [-0.05, 0) is 98.2 Å². The standard InChI is InChI=1S/C49H33N/c1-4-14-36(15-5-1)32-33-49(41-20-8-3-9-21-41)47-23-13-12-22-45(47)46-31-30-44(35-48(46)49)50(43-29-26-38-18-10-11-19-40(38)34-43)42-27-24-39(25-28-42)37-16-6-2-7-17-37/h1-31,34-35H. The fourth-order valence-corrected chi connectivity index (χ4v) is 7.50. The number of rotatable bonds is 5. The minimum atomic E-state index is -0.661. The van der Waals surface area contributed by atoms with Crippen LogP contribution in [-0.2, 0) is 5.41 Å². The van der Waals surface area contributed by atoms with E-state index < -0.39 is 5.41 Å². The van der Waals surface area contributed by atoms with Crippen LogP contribution in [0.25, 0.3) is 33.0 Å². The molecule has 1 aliphatic carbocycles. The summed E-state index contributed by atoms with van der Waals surface area (Å²) >= 11 is 0. The molecular weight excluding hydrogens is 603 g/mol. The second kappa shape index (κ2) is 12.4. The average molecular weight is 636 g/mol. The number of benzene rings is 8. The van der Waals surface area contributed by atoms with Crippen molar-refractivity contribution >= 4 is 27.8 Å². The largest absolute Gasteiger partial charge is 0.310 e. The first-order valence-electron chi connectivity index (χ1n) is 17.1. The molecule has 8 aromatic rings. The van der Waals surface area contributed by atoms with Crippen molar-refractivity contribution < 1.29 is 0 Å². The zero-order valence-corrected chi connectivity index (χ0v) is 27.5. The van der Waals surface area contributed by atoms with Gasteiger partial charge in [-0.2, -0.15) is 0 Å². The van der Waals surface area contributed by atoms with Crippen LogP contribution in [0.3, 0.4) is 0 Å². The summed E-state index contributed by atoms with van der Waals surface area (Å²) < 4.78 is 0. The van der Waals surface area contributed by atoms with Crippen LogP contribution < -0.4 is 4.90 Å². The van der Waals surface area contributed by atoms with E-state index in [1.807, 2.05) is 6.07 Å². The van der Waals surface area contributed by atoms with Crippen LogP contribution in [0.2, 0.25) is 0 Å². The molecule has 0 radical (unpaired) electrons. The molecule has 1 aliphatic rings. The van der Waals surface area contributed by atoms with Crippen molar-refractivity contribution in [1.82, 2.24) is 0 Å². The van der Waals surface area contributed by atoms with E-state index in [4.69, 9.17) is 0 Å². The van der Waals surface area contributed by atoms with Gasteiger partial charge in [-0.15, -0.1) is 0 Å². The van der Waals surface area contributed by atoms with Gasteiger partial charge < -0.3 is 4.90 Å². The van der Waals surface area contributed by atoms with Crippen molar-refractivity contribution in [2.75, 3.05) is 4.90 Å². The maximum Gasteiger partial charge on any atom is 0.108 e. The summed E-state index contributed by atoms with van der Waals surface area (Å²) in [5, 5.41) is 2.43. The molecule has 0 heterocycles. The predicted molar refractivity (Wildman–Crippen MR) is 209 cm³/mol. The Labute approximate surface area is 293 Å². The Balaban J connectivity index is 1.28. The van der Waals surface area contributed by atoms with Crippen LogP contribution in [0.5, 0.6) is 0 Å². The van der Waals surface area contributed by atoms with Crippen LogP contribution in [0.15, 0.2) is 200 Å². The summed E-state index contributed by atoms with van der Waals surface area (Å²) in [6.45, 7) is 0. The molecule has 1 unspecified atom stereocenters. The lowest BCUT2D eigenvalue weighted by molar-refractivity contribution is 0.837. The molecule has 0 aliphatic heterocycles. The lowest BCUT2D eigenvalue weighted by atomic mass is 9.72. The average Bonchev–Trinajstić information content (AvgIpc) is 3.48. The van der Waals surface area contributed by atoms with Gasteiger partial charge >= 0.3 is 0 Å². The van der Waals surface area contributed by atoms with E-state index in [0.29, 0.717) is 0 Å². The number of hydrogen-bond acceptors (Lipinski definition) is 1. The van der Waals surface area contributed by atoms with E-state index >= 15 is 0 Å². The van der Waals surface area contributed by atoms with Crippen molar-refractivity contribution in [3.63, 3.8) is 0 Å². The summed E-state index contributed by atoms with van der Waals surface area (Å²) in [5.74, 6) is 7.47. The molecule has 1 nitrogen and oxygen atoms in total. The predicted octanol–water partition coefficient (Wildman–Crippen LogP) is 12.3. The molecule has 0 fully saturated rings. The van der Waals surface area contributed by atoms with Crippen LogP contribution in [0.4, 0.5) is 17.1 Å². The Hall–Kier alpha value is -6.62. The molecule has 0 amide bonds. The van der Waals surface area contributed by atoms with Crippen molar-refractivity contribution in [2.45, 2.75) is 5.41 Å². The molecule has 0 N–H and O–H groups in total. The zero-order chi connectivity index (χ0) is 33.3. The third-order valence-corrected chi connectivity index (χ3v) is 9.89. The summed E-state index contributed by atoms with van der Waals surface area (Å²) in [4.78, 5) is 2.38. The van der Waals surface area contributed by atoms with Crippen molar-refractivity contribution in [3.8, 4) is 34.1 Å². The number of nitrogens with zero attached hydrogens (tertiary/aromatic N) is 1. The van der Waals surface area contributed by atoms with Crippen LogP contribution in [0, 0.1) is 11.8 Å². The van der Waals surface area contributed by atoms with Crippen molar-refractivity contribution in [2.24, 2.45) is 0 Å². The highest BCUT2D eigenvalue weighted by Gasteiger charge is 2.44. The Morgan fingerprint density at radius 3 is 1.72 bits per heavy atom. The van der Waals surface area contributed by atoms with E-state index in [1.165, 1.54) is 44.2 Å². The van der Waals surface area contributed by atoms with Gasteiger partial charge in [0.05, 0.1) is 0 Å². The van der Waals surface area contributed by atoms with E-state index in [0.717, 1.165) is 28.2 Å². The topological polar surface area (TPSA) is 3.24 Å². The smallest absolute Gasteiger partial charge is 0.108 e.